The van der Waals surface area contributed by atoms with Crippen LogP contribution in [0.4, 0.5) is 17.3 Å². The van der Waals surface area contributed by atoms with Gasteiger partial charge in [0.1, 0.15) is 0 Å². The first kappa shape index (κ1) is 29.3. The molecule has 4 heteroatoms. The van der Waals surface area contributed by atoms with Crippen molar-refractivity contribution in [1.82, 2.24) is 15.0 Å². The second-order valence-corrected chi connectivity index (χ2v) is 14.2. The molecular weight excluding hydrogens is 597 g/mol. The summed E-state index contributed by atoms with van der Waals surface area (Å²) in [4.78, 5) is 17.8. The Labute approximate surface area is 287 Å². The van der Waals surface area contributed by atoms with Crippen molar-refractivity contribution in [2.24, 2.45) is 0 Å². The highest BCUT2D eigenvalue weighted by molar-refractivity contribution is 5.86. The first-order valence-electron chi connectivity index (χ1n) is 17.0. The number of hydrogen-bond acceptors (Lipinski definition) is 4. The average molecular weight is 633 g/mol. The Morgan fingerprint density at radius 2 is 0.878 bits per heavy atom. The van der Waals surface area contributed by atoms with Crippen molar-refractivity contribution in [3.63, 3.8) is 0 Å². The summed E-state index contributed by atoms with van der Waals surface area (Å²) in [5.41, 5.74) is 14.1. The Morgan fingerprint density at radius 1 is 0.388 bits per heavy atom. The number of aromatic nitrogens is 3. The van der Waals surface area contributed by atoms with E-state index in [2.05, 4.69) is 154 Å². The molecule has 2 aliphatic rings. The van der Waals surface area contributed by atoms with Crippen LogP contribution >= 0.6 is 0 Å². The van der Waals surface area contributed by atoms with Crippen molar-refractivity contribution < 1.29 is 0 Å². The number of para-hydroxylation sites is 1. The van der Waals surface area contributed by atoms with E-state index in [9.17, 15) is 0 Å². The fraction of sp³-hybridized carbons (Fsp3) is 0.133. The van der Waals surface area contributed by atoms with Crippen molar-refractivity contribution in [3.05, 3.63) is 168 Å². The smallest absolute Gasteiger partial charge is 0.238 e. The van der Waals surface area contributed by atoms with Crippen LogP contribution in [-0.2, 0) is 10.8 Å². The summed E-state index contributed by atoms with van der Waals surface area (Å²) in [6.07, 6.45) is 0. The minimum Gasteiger partial charge on any atom is -0.279 e. The largest absolute Gasteiger partial charge is 0.279 e. The molecule has 4 nitrogen and oxygen atoms in total. The number of fused-ring (bicyclic) bond motifs is 6. The third-order valence-corrected chi connectivity index (χ3v) is 10.5. The summed E-state index contributed by atoms with van der Waals surface area (Å²) < 4.78 is 0. The van der Waals surface area contributed by atoms with E-state index in [1.807, 2.05) is 24.3 Å². The third kappa shape index (κ3) is 4.55. The summed E-state index contributed by atoms with van der Waals surface area (Å²) in [6.45, 7) is 9.24. The third-order valence-electron chi connectivity index (χ3n) is 10.5. The van der Waals surface area contributed by atoms with Gasteiger partial charge in [-0.25, -0.2) is 4.98 Å². The number of rotatable bonds is 5. The maximum Gasteiger partial charge on any atom is 0.238 e. The lowest BCUT2D eigenvalue weighted by atomic mass is 9.82. The molecule has 0 spiro atoms. The van der Waals surface area contributed by atoms with Gasteiger partial charge in [0.05, 0.1) is 0 Å². The molecule has 0 unspecified atom stereocenters. The maximum atomic E-state index is 5.28. The van der Waals surface area contributed by atoms with Gasteiger partial charge in [-0.05, 0) is 74.8 Å². The number of benzene rings is 6. The van der Waals surface area contributed by atoms with Gasteiger partial charge in [0.25, 0.3) is 0 Å². The van der Waals surface area contributed by atoms with Crippen molar-refractivity contribution in [3.8, 4) is 45.0 Å². The van der Waals surface area contributed by atoms with Crippen LogP contribution in [0.3, 0.4) is 0 Å². The van der Waals surface area contributed by atoms with Crippen LogP contribution in [0.15, 0.2) is 146 Å². The van der Waals surface area contributed by atoms with Gasteiger partial charge in [0, 0.05) is 33.3 Å². The Morgan fingerprint density at radius 3 is 1.51 bits per heavy atom. The van der Waals surface area contributed by atoms with Crippen LogP contribution in [0, 0.1) is 0 Å². The summed E-state index contributed by atoms with van der Waals surface area (Å²) in [6, 6.07) is 51.6. The molecule has 9 rings (SSSR count). The Bertz CT molecular complexity index is 2390. The molecule has 0 amide bonds. The van der Waals surface area contributed by atoms with E-state index in [0.29, 0.717) is 17.6 Å². The summed E-state index contributed by atoms with van der Waals surface area (Å²) >= 11 is 0. The van der Waals surface area contributed by atoms with Gasteiger partial charge in [-0.15, -0.1) is 0 Å². The van der Waals surface area contributed by atoms with Crippen LogP contribution in [0.5, 0.6) is 0 Å². The molecule has 1 heterocycles. The molecule has 0 N–H and O–H groups in total. The normalized spacial score (nSPS) is 14.4. The van der Waals surface area contributed by atoms with Gasteiger partial charge in [-0.1, -0.05) is 143 Å². The van der Waals surface area contributed by atoms with E-state index in [-0.39, 0.29) is 10.8 Å². The molecule has 6 aromatic carbocycles. The summed E-state index contributed by atoms with van der Waals surface area (Å²) in [5.74, 6) is 1.86. The minimum atomic E-state index is -0.140. The highest BCUT2D eigenvalue weighted by Gasteiger charge is 2.37. The molecular formula is C45H36N4. The molecule has 236 valence electrons. The maximum absolute atomic E-state index is 5.28. The van der Waals surface area contributed by atoms with E-state index in [4.69, 9.17) is 15.0 Å². The lowest BCUT2D eigenvalue weighted by Gasteiger charge is -2.27. The first-order valence-corrected chi connectivity index (χ1v) is 17.0. The molecule has 0 aliphatic heterocycles. The van der Waals surface area contributed by atoms with E-state index in [1.165, 1.54) is 44.5 Å². The van der Waals surface area contributed by atoms with E-state index < -0.39 is 0 Å². The molecule has 0 saturated carbocycles. The zero-order valence-corrected chi connectivity index (χ0v) is 28.1. The SMILES string of the molecule is CC1(C)c2ccccc2-c2ccc(-c3nc(-c4ccccc4)nc(N(c4ccccc4)c4ccc5c(c4)C(C)(C)c4ccccc4-5)n3)cc21. The lowest BCUT2D eigenvalue weighted by Crippen LogP contribution is -2.18. The molecule has 0 saturated heterocycles. The summed E-state index contributed by atoms with van der Waals surface area (Å²) in [7, 11) is 0. The lowest BCUT2D eigenvalue weighted by molar-refractivity contribution is 0.660. The second-order valence-electron chi connectivity index (χ2n) is 14.2. The van der Waals surface area contributed by atoms with Gasteiger partial charge in [0.2, 0.25) is 5.95 Å². The van der Waals surface area contributed by atoms with Gasteiger partial charge < -0.3 is 0 Å². The number of nitrogens with zero attached hydrogens (tertiary/aromatic N) is 4. The standard InChI is InChI=1S/C45H36N4/c1-44(2)37-21-13-11-19-33(37)35-25-23-30(27-39(35)44)42-46-41(29-15-7-5-8-16-29)47-43(48-42)49(31-17-9-6-10-18-31)32-24-26-36-34-20-12-14-22-38(34)45(3,4)40(36)28-32/h5-28H,1-4H3. The second kappa shape index (κ2) is 10.8. The van der Waals surface area contributed by atoms with Crippen molar-refractivity contribution in [2.45, 2.75) is 38.5 Å². The fourth-order valence-corrected chi connectivity index (χ4v) is 7.94. The van der Waals surface area contributed by atoms with Crippen LogP contribution < -0.4 is 4.90 Å². The number of hydrogen-bond donors (Lipinski definition) is 0. The van der Waals surface area contributed by atoms with Gasteiger partial charge >= 0.3 is 0 Å². The summed E-state index contributed by atoms with van der Waals surface area (Å²) in [5, 5.41) is 0. The molecule has 0 radical (unpaired) electrons. The molecule has 0 bridgehead atoms. The number of anilines is 3. The van der Waals surface area contributed by atoms with Crippen molar-refractivity contribution in [1.29, 1.82) is 0 Å². The predicted molar refractivity (Wildman–Crippen MR) is 201 cm³/mol. The monoisotopic (exact) mass is 632 g/mol. The zero-order valence-electron chi connectivity index (χ0n) is 28.1. The molecule has 0 fully saturated rings. The Kier molecular flexibility index (Phi) is 6.47. The topological polar surface area (TPSA) is 41.9 Å². The zero-order chi connectivity index (χ0) is 33.3. The molecule has 1 aromatic heterocycles. The predicted octanol–water partition coefficient (Wildman–Crippen LogP) is 11.3. The van der Waals surface area contributed by atoms with Gasteiger partial charge in [-0.2, -0.15) is 9.97 Å². The molecule has 2 aliphatic carbocycles. The van der Waals surface area contributed by atoms with E-state index in [0.717, 1.165) is 22.5 Å². The molecule has 49 heavy (non-hydrogen) atoms. The minimum absolute atomic E-state index is 0.134. The fourth-order valence-electron chi connectivity index (χ4n) is 7.94. The van der Waals surface area contributed by atoms with Gasteiger partial charge in [0.15, 0.2) is 11.6 Å². The highest BCUT2D eigenvalue weighted by Crippen LogP contribution is 2.51. The van der Waals surface area contributed by atoms with E-state index in [1.54, 1.807) is 0 Å². The van der Waals surface area contributed by atoms with Crippen molar-refractivity contribution in [2.75, 3.05) is 4.90 Å². The average Bonchev–Trinajstić information content (AvgIpc) is 3.51. The van der Waals surface area contributed by atoms with Crippen LogP contribution in [0.1, 0.15) is 49.9 Å². The van der Waals surface area contributed by atoms with Crippen LogP contribution in [0.2, 0.25) is 0 Å². The van der Waals surface area contributed by atoms with Crippen LogP contribution in [0.25, 0.3) is 45.0 Å². The van der Waals surface area contributed by atoms with Crippen LogP contribution in [-0.4, -0.2) is 15.0 Å². The first-order chi connectivity index (χ1) is 23.8. The molecule has 7 aromatic rings. The quantitative estimate of drug-likeness (QED) is 0.189. The van der Waals surface area contributed by atoms with Crippen molar-refractivity contribution >= 4 is 17.3 Å². The highest BCUT2D eigenvalue weighted by atomic mass is 15.3. The van der Waals surface area contributed by atoms with E-state index >= 15 is 0 Å². The Balaban J connectivity index is 1.25. The Hall–Kier alpha value is -5.87. The molecule has 0 atom stereocenters. The van der Waals surface area contributed by atoms with Gasteiger partial charge in [-0.3, -0.25) is 4.90 Å².